The Kier molecular flexibility index (Phi) is 6.62. The highest BCUT2D eigenvalue weighted by atomic mass is 35.5. The lowest BCUT2D eigenvalue weighted by Crippen LogP contribution is -2.54. The van der Waals surface area contributed by atoms with E-state index in [1.54, 1.807) is 35.2 Å². The number of carbonyl (C=O) groups excluding carboxylic acids is 2. The van der Waals surface area contributed by atoms with Crippen LogP contribution in [0.4, 0.5) is 5.69 Å². The molecule has 1 aliphatic rings. The molecule has 178 valence electrons. The molecule has 0 saturated carbocycles. The van der Waals surface area contributed by atoms with Crippen molar-refractivity contribution in [3.05, 3.63) is 113 Å². The summed E-state index contributed by atoms with van der Waals surface area (Å²) in [4.78, 5) is 31.5. The molecule has 0 radical (unpaired) electrons. The average molecular weight is 515 g/mol. The van der Waals surface area contributed by atoms with Crippen molar-refractivity contribution in [2.75, 3.05) is 4.90 Å². The van der Waals surface area contributed by atoms with Crippen LogP contribution in [0.15, 0.2) is 96.8 Å². The van der Waals surface area contributed by atoms with Crippen LogP contribution in [0.5, 0.6) is 11.5 Å². The maximum atomic E-state index is 13.3. The van der Waals surface area contributed by atoms with Gasteiger partial charge in [0, 0.05) is 6.54 Å². The number of hydrogen-bond acceptors (Lipinski definition) is 5. The van der Waals surface area contributed by atoms with E-state index in [0.717, 1.165) is 5.56 Å². The van der Waals surface area contributed by atoms with Crippen LogP contribution < -0.4 is 15.0 Å². The molecule has 4 aromatic rings. The van der Waals surface area contributed by atoms with E-state index in [0.29, 0.717) is 34.6 Å². The first kappa shape index (κ1) is 23.5. The number of rotatable bonds is 6. The molecule has 0 unspecified atom stereocenters. The Morgan fingerprint density at radius 3 is 2.25 bits per heavy atom. The van der Waals surface area contributed by atoms with Gasteiger partial charge in [0.25, 0.3) is 11.8 Å². The highest BCUT2D eigenvalue weighted by Crippen LogP contribution is 2.28. The fourth-order valence-corrected chi connectivity index (χ4v) is 4.17. The quantitative estimate of drug-likeness (QED) is 0.217. The van der Waals surface area contributed by atoms with Gasteiger partial charge in [-0.15, -0.1) is 0 Å². The monoisotopic (exact) mass is 514 g/mol. The van der Waals surface area contributed by atoms with Gasteiger partial charge < -0.3 is 9.30 Å². The molecule has 2 amide bonds. The van der Waals surface area contributed by atoms with E-state index in [4.69, 9.17) is 28.6 Å². The van der Waals surface area contributed by atoms with Gasteiger partial charge in [-0.3, -0.25) is 19.8 Å². The second-order valence-electron chi connectivity index (χ2n) is 7.90. The topological polar surface area (TPSA) is 76.5 Å². The molecule has 0 atom stereocenters. The molecule has 0 aliphatic carbocycles. The predicted molar refractivity (Wildman–Crippen MR) is 142 cm³/mol. The van der Waals surface area contributed by atoms with Crippen LogP contribution in [-0.4, -0.2) is 26.5 Å². The predicted octanol–water partition coefficient (Wildman–Crippen LogP) is 5.21. The van der Waals surface area contributed by atoms with Crippen molar-refractivity contribution >= 4 is 52.5 Å². The molecule has 36 heavy (non-hydrogen) atoms. The summed E-state index contributed by atoms with van der Waals surface area (Å²) in [7, 11) is 0. The molecule has 5 rings (SSSR count). The van der Waals surface area contributed by atoms with Crippen molar-refractivity contribution in [1.82, 2.24) is 14.9 Å². The molecule has 1 aliphatic heterocycles. The summed E-state index contributed by atoms with van der Waals surface area (Å²) >= 11 is 11.8. The third-order valence-electron chi connectivity index (χ3n) is 5.45. The number of thiocarbonyl (C=S) groups is 1. The number of anilines is 1. The number of amides is 2. The highest BCUT2D eigenvalue weighted by molar-refractivity contribution is 7.80. The standard InChI is InChI=1S/C27H19ClN4O3S/c28-24-23(29-17-31(24)16-18-7-3-1-4-8-18)15-22-25(33)30-27(36)32(26(22)34)19-11-13-21(14-12-19)35-20-9-5-2-6-10-20/h1-15,17H,16H2,(H,30,33,36)/b22-15+. The minimum absolute atomic E-state index is 0.0143. The van der Waals surface area contributed by atoms with E-state index in [1.807, 2.05) is 60.7 Å². The average Bonchev–Trinajstić information content (AvgIpc) is 3.22. The number of imidazole rings is 1. The van der Waals surface area contributed by atoms with Crippen molar-refractivity contribution in [2.24, 2.45) is 0 Å². The number of nitrogens with one attached hydrogen (secondary N) is 1. The first-order chi connectivity index (χ1) is 17.5. The molecular formula is C27H19ClN4O3S. The summed E-state index contributed by atoms with van der Waals surface area (Å²) in [6.07, 6.45) is 2.95. The van der Waals surface area contributed by atoms with E-state index in [9.17, 15) is 9.59 Å². The smallest absolute Gasteiger partial charge is 0.270 e. The van der Waals surface area contributed by atoms with Crippen LogP contribution in [0.25, 0.3) is 6.08 Å². The normalized spacial score (nSPS) is 14.8. The van der Waals surface area contributed by atoms with Gasteiger partial charge >= 0.3 is 0 Å². The summed E-state index contributed by atoms with van der Waals surface area (Å²) in [6.45, 7) is 0.504. The zero-order valence-corrected chi connectivity index (χ0v) is 20.4. The molecule has 0 spiro atoms. The molecule has 1 saturated heterocycles. The number of nitrogens with zero attached hydrogens (tertiary/aromatic N) is 3. The van der Waals surface area contributed by atoms with Crippen molar-refractivity contribution in [3.63, 3.8) is 0 Å². The largest absolute Gasteiger partial charge is 0.457 e. The number of para-hydroxylation sites is 1. The SMILES string of the molecule is O=C1NC(=S)N(c2ccc(Oc3ccccc3)cc2)C(=O)/C1=C/c1ncn(Cc2ccccc2)c1Cl. The van der Waals surface area contributed by atoms with Crippen LogP contribution in [0.2, 0.25) is 5.15 Å². The Hall–Kier alpha value is -4.27. The van der Waals surface area contributed by atoms with Gasteiger partial charge in [0.2, 0.25) is 0 Å². The van der Waals surface area contributed by atoms with Crippen molar-refractivity contribution < 1.29 is 14.3 Å². The summed E-state index contributed by atoms with van der Waals surface area (Å²) < 4.78 is 7.55. The lowest BCUT2D eigenvalue weighted by Gasteiger charge is -2.28. The third-order valence-corrected chi connectivity index (χ3v) is 6.15. The summed E-state index contributed by atoms with van der Waals surface area (Å²) in [5, 5.41) is 2.87. The summed E-state index contributed by atoms with van der Waals surface area (Å²) in [6, 6.07) is 25.9. The maximum Gasteiger partial charge on any atom is 0.270 e. The van der Waals surface area contributed by atoms with E-state index in [-0.39, 0.29) is 10.7 Å². The number of aromatic nitrogens is 2. The Bertz CT molecular complexity index is 1470. The van der Waals surface area contributed by atoms with Crippen molar-refractivity contribution in [3.8, 4) is 11.5 Å². The first-order valence-electron chi connectivity index (χ1n) is 11.0. The maximum absolute atomic E-state index is 13.3. The van der Waals surface area contributed by atoms with Crippen LogP contribution in [0.1, 0.15) is 11.3 Å². The van der Waals surface area contributed by atoms with Crippen LogP contribution >= 0.6 is 23.8 Å². The first-order valence-corrected chi connectivity index (χ1v) is 11.8. The molecule has 0 bridgehead atoms. The molecular weight excluding hydrogens is 496 g/mol. The molecule has 1 fully saturated rings. The summed E-state index contributed by atoms with van der Waals surface area (Å²) in [5.41, 5.74) is 1.71. The molecule has 1 aromatic heterocycles. The molecule has 3 aromatic carbocycles. The third kappa shape index (κ3) is 4.91. The Balaban J connectivity index is 1.38. The van der Waals surface area contributed by atoms with E-state index in [2.05, 4.69) is 10.3 Å². The minimum Gasteiger partial charge on any atom is -0.457 e. The zero-order valence-electron chi connectivity index (χ0n) is 18.8. The van der Waals surface area contributed by atoms with E-state index in [1.165, 1.54) is 11.0 Å². The Morgan fingerprint density at radius 1 is 0.917 bits per heavy atom. The number of carbonyl (C=O) groups is 2. The van der Waals surface area contributed by atoms with Gasteiger partial charge in [-0.1, -0.05) is 60.1 Å². The highest BCUT2D eigenvalue weighted by Gasteiger charge is 2.35. The van der Waals surface area contributed by atoms with Gasteiger partial charge in [-0.05, 0) is 60.3 Å². The number of hydrogen-bond donors (Lipinski definition) is 1. The minimum atomic E-state index is -0.612. The van der Waals surface area contributed by atoms with Gasteiger partial charge in [-0.2, -0.15) is 0 Å². The molecule has 1 N–H and O–H groups in total. The number of benzene rings is 3. The lowest BCUT2D eigenvalue weighted by atomic mass is 10.1. The van der Waals surface area contributed by atoms with E-state index >= 15 is 0 Å². The van der Waals surface area contributed by atoms with Crippen LogP contribution in [-0.2, 0) is 16.1 Å². The van der Waals surface area contributed by atoms with Crippen LogP contribution in [0.3, 0.4) is 0 Å². The number of ether oxygens (including phenoxy) is 1. The van der Waals surface area contributed by atoms with Crippen molar-refractivity contribution in [1.29, 1.82) is 0 Å². The fourth-order valence-electron chi connectivity index (χ4n) is 3.69. The Labute approximate surface area is 217 Å². The molecule has 2 heterocycles. The van der Waals surface area contributed by atoms with Gasteiger partial charge in [0.15, 0.2) is 5.11 Å². The second-order valence-corrected chi connectivity index (χ2v) is 8.65. The van der Waals surface area contributed by atoms with Gasteiger partial charge in [0.05, 0.1) is 12.0 Å². The lowest BCUT2D eigenvalue weighted by molar-refractivity contribution is -0.122. The molecule has 9 heteroatoms. The van der Waals surface area contributed by atoms with Crippen molar-refractivity contribution in [2.45, 2.75) is 6.54 Å². The fraction of sp³-hybridized carbons (Fsp3) is 0.0370. The Morgan fingerprint density at radius 2 is 1.56 bits per heavy atom. The zero-order chi connectivity index (χ0) is 25.1. The number of halogens is 1. The van der Waals surface area contributed by atoms with E-state index < -0.39 is 11.8 Å². The second kappa shape index (κ2) is 10.2. The molecule has 7 nitrogen and oxygen atoms in total. The van der Waals surface area contributed by atoms with Gasteiger partial charge in [-0.25, -0.2) is 4.98 Å². The summed E-state index contributed by atoms with van der Waals surface area (Å²) in [5.74, 6) is 0.0971. The van der Waals surface area contributed by atoms with Crippen LogP contribution in [0, 0.1) is 0 Å². The van der Waals surface area contributed by atoms with Gasteiger partial charge in [0.1, 0.15) is 27.9 Å².